The molecule has 0 spiro atoms. The third kappa shape index (κ3) is 6.00. The minimum Gasteiger partial charge on any atom is -0.0654 e. The van der Waals surface area contributed by atoms with E-state index in [0.717, 1.165) is 17.5 Å². The van der Waals surface area contributed by atoms with E-state index in [9.17, 15) is 0 Å². The molecule has 3 aromatic carbocycles. The van der Waals surface area contributed by atoms with Crippen molar-refractivity contribution >= 4 is 10.8 Å². The number of benzene rings is 3. The average Bonchev–Trinajstić information content (AvgIpc) is 2.73. The molecule has 0 fully saturated rings. The Bertz CT molecular complexity index is 935. The highest BCUT2D eigenvalue weighted by atomic mass is 14.0. The van der Waals surface area contributed by atoms with Crippen molar-refractivity contribution in [3.8, 4) is 11.8 Å². The van der Waals surface area contributed by atoms with Gasteiger partial charge in [-0.25, -0.2) is 0 Å². The molecule has 0 saturated carbocycles. The molecule has 0 radical (unpaired) electrons. The monoisotopic (exact) mass is 368 g/mol. The van der Waals surface area contributed by atoms with Crippen LogP contribution in [0.1, 0.15) is 74.6 Å². The maximum atomic E-state index is 3.33. The number of unbranched alkanes of at least 4 members (excludes halogenated alkanes) is 4. The molecule has 0 bridgehead atoms. The van der Waals surface area contributed by atoms with Gasteiger partial charge in [-0.1, -0.05) is 94.2 Å². The van der Waals surface area contributed by atoms with Crippen molar-refractivity contribution in [3.63, 3.8) is 0 Å². The number of aryl methyl sites for hydroxylation is 2. The van der Waals surface area contributed by atoms with Gasteiger partial charge >= 0.3 is 0 Å². The van der Waals surface area contributed by atoms with Crippen LogP contribution in [0.15, 0.2) is 60.7 Å². The van der Waals surface area contributed by atoms with Crippen LogP contribution in [-0.4, -0.2) is 0 Å². The summed E-state index contributed by atoms with van der Waals surface area (Å²) in [6.07, 6.45) is 10.2. The first kappa shape index (κ1) is 20.2. The van der Waals surface area contributed by atoms with E-state index in [1.165, 1.54) is 66.8 Å². The highest BCUT2D eigenvalue weighted by Gasteiger charge is 1.98. The van der Waals surface area contributed by atoms with E-state index in [2.05, 4.69) is 86.4 Å². The fraction of sp³-hybridized carbons (Fsp3) is 0.357. The molecule has 28 heavy (non-hydrogen) atoms. The zero-order chi connectivity index (χ0) is 19.6. The van der Waals surface area contributed by atoms with Gasteiger partial charge in [-0.2, -0.15) is 0 Å². The number of rotatable bonds is 8. The number of hydrogen-bond donors (Lipinski definition) is 0. The Morgan fingerprint density at radius 2 is 1.18 bits per heavy atom. The molecule has 0 amide bonds. The lowest BCUT2D eigenvalue weighted by atomic mass is 10.0. The molecule has 144 valence electrons. The van der Waals surface area contributed by atoms with Gasteiger partial charge in [0.1, 0.15) is 0 Å². The van der Waals surface area contributed by atoms with Crippen LogP contribution >= 0.6 is 0 Å². The Hall–Kier alpha value is -2.52. The van der Waals surface area contributed by atoms with Crippen molar-refractivity contribution in [1.29, 1.82) is 0 Å². The van der Waals surface area contributed by atoms with Crippen molar-refractivity contribution in [2.24, 2.45) is 0 Å². The van der Waals surface area contributed by atoms with Crippen molar-refractivity contribution in [2.75, 3.05) is 0 Å². The molecule has 0 heterocycles. The Kier molecular flexibility index (Phi) is 7.74. The lowest BCUT2D eigenvalue weighted by Gasteiger charge is -2.03. The van der Waals surface area contributed by atoms with Gasteiger partial charge in [0, 0.05) is 11.1 Å². The van der Waals surface area contributed by atoms with Gasteiger partial charge in [-0.05, 0) is 65.4 Å². The van der Waals surface area contributed by atoms with Crippen molar-refractivity contribution in [1.82, 2.24) is 0 Å². The van der Waals surface area contributed by atoms with Crippen molar-refractivity contribution in [3.05, 3.63) is 82.9 Å². The van der Waals surface area contributed by atoms with Gasteiger partial charge in [0.2, 0.25) is 0 Å². The van der Waals surface area contributed by atoms with E-state index >= 15 is 0 Å². The van der Waals surface area contributed by atoms with Crippen LogP contribution in [-0.2, 0) is 12.8 Å². The third-order valence-corrected chi connectivity index (χ3v) is 5.32. The highest BCUT2D eigenvalue weighted by Crippen LogP contribution is 2.19. The second-order valence-corrected chi connectivity index (χ2v) is 7.76. The molecule has 0 aliphatic carbocycles. The van der Waals surface area contributed by atoms with Gasteiger partial charge in [-0.15, -0.1) is 0 Å². The van der Waals surface area contributed by atoms with E-state index < -0.39 is 0 Å². The first-order chi connectivity index (χ1) is 13.8. The Labute approximate surface area is 171 Å². The quantitative estimate of drug-likeness (QED) is 0.282. The molecule has 0 aliphatic rings. The van der Waals surface area contributed by atoms with Crippen LogP contribution in [0.4, 0.5) is 0 Å². The second kappa shape index (κ2) is 10.7. The lowest BCUT2D eigenvalue weighted by molar-refractivity contribution is 0.632. The average molecular weight is 369 g/mol. The zero-order valence-electron chi connectivity index (χ0n) is 17.4. The number of fused-ring (bicyclic) bond motifs is 1. The molecule has 0 atom stereocenters. The SMILES string of the molecule is CCCCCCCc1ccc(C#Cc2ccc3cc(CCC)ccc3c2)cc1. The molecule has 0 nitrogen and oxygen atoms in total. The van der Waals surface area contributed by atoms with E-state index in [1.807, 2.05) is 0 Å². The summed E-state index contributed by atoms with van der Waals surface area (Å²) in [5.74, 6) is 6.65. The molecule has 0 aromatic heterocycles. The molecule has 0 heteroatoms. The van der Waals surface area contributed by atoms with Crippen LogP contribution in [0, 0.1) is 11.8 Å². The van der Waals surface area contributed by atoms with Crippen LogP contribution in [0.2, 0.25) is 0 Å². The largest absolute Gasteiger partial charge is 0.0654 e. The Balaban J connectivity index is 1.62. The van der Waals surface area contributed by atoms with Crippen LogP contribution in [0.5, 0.6) is 0 Å². The van der Waals surface area contributed by atoms with E-state index in [-0.39, 0.29) is 0 Å². The molecule has 0 saturated heterocycles. The zero-order valence-corrected chi connectivity index (χ0v) is 17.4. The summed E-state index contributed by atoms with van der Waals surface area (Å²) in [6.45, 7) is 4.49. The van der Waals surface area contributed by atoms with Gasteiger partial charge in [-0.3, -0.25) is 0 Å². The third-order valence-electron chi connectivity index (χ3n) is 5.32. The Morgan fingerprint density at radius 3 is 1.96 bits per heavy atom. The maximum Gasteiger partial charge on any atom is 0.0255 e. The normalized spacial score (nSPS) is 10.6. The highest BCUT2D eigenvalue weighted by molar-refractivity contribution is 5.84. The molecule has 0 unspecified atom stereocenters. The molecule has 0 aliphatic heterocycles. The first-order valence-electron chi connectivity index (χ1n) is 10.9. The van der Waals surface area contributed by atoms with E-state index in [1.54, 1.807) is 0 Å². The predicted molar refractivity (Wildman–Crippen MR) is 123 cm³/mol. The Morgan fingerprint density at radius 1 is 0.536 bits per heavy atom. The van der Waals surface area contributed by atoms with Gasteiger partial charge in [0.05, 0.1) is 0 Å². The van der Waals surface area contributed by atoms with Gasteiger partial charge < -0.3 is 0 Å². The number of hydrogen-bond acceptors (Lipinski definition) is 0. The lowest BCUT2D eigenvalue weighted by Crippen LogP contribution is -1.87. The summed E-state index contributed by atoms with van der Waals surface area (Å²) in [7, 11) is 0. The maximum absolute atomic E-state index is 3.33. The second-order valence-electron chi connectivity index (χ2n) is 7.76. The standard InChI is InChI=1S/C28H32/c1-3-5-6-7-8-10-23-11-13-24(14-12-23)15-16-26-18-20-27-21-25(9-4-2)17-19-28(27)22-26/h11-14,17-22H,3-10H2,1-2H3. The van der Waals surface area contributed by atoms with Crippen LogP contribution in [0.3, 0.4) is 0 Å². The first-order valence-corrected chi connectivity index (χ1v) is 10.9. The van der Waals surface area contributed by atoms with Crippen LogP contribution < -0.4 is 0 Å². The smallest absolute Gasteiger partial charge is 0.0255 e. The fourth-order valence-electron chi connectivity index (χ4n) is 3.65. The molecule has 3 rings (SSSR count). The van der Waals surface area contributed by atoms with Crippen molar-refractivity contribution in [2.45, 2.75) is 65.2 Å². The minimum absolute atomic E-state index is 1.08. The molecular weight excluding hydrogens is 336 g/mol. The summed E-state index contributed by atoms with van der Waals surface area (Å²) < 4.78 is 0. The summed E-state index contributed by atoms with van der Waals surface area (Å²) in [4.78, 5) is 0. The van der Waals surface area contributed by atoms with E-state index in [0.29, 0.717) is 0 Å². The summed E-state index contributed by atoms with van der Waals surface area (Å²) in [5, 5.41) is 2.57. The van der Waals surface area contributed by atoms with Crippen LogP contribution in [0.25, 0.3) is 10.8 Å². The molecule has 3 aromatic rings. The van der Waals surface area contributed by atoms with Gasteiger partial charge in [0.25, 0.3) is 0 Å². The van der Waals surface area contributed by atoms with E-state index in [4.69, 9.17) is 0 Å². The fourth-order valence-corrected chi connectivity index (χ4v) is 3.65. The predicted octanol–water partition coefficient (Wildman–Crippen LogP) is 7.71. The molecule has 0 N–H and O–H groups in total. The van der Waals surface area contributed by atoms with Gasteiger partial charge in [0.15, 0.2) is 0 Å². The molecular formula is C28H32. The summed E-state index contributed by atoms with van der Waals surface area (Å²) >= 11 is 0. The van der Waals surface area contributed by atoms with Crippen molar-refractivity contribution < 1.29 is 0 Å². The summed E-state index contributed by atoms with van der Waals surface area (Å²) in [5.41, 5.74) is 5.01. The summed E-state index contributed by atoms with van der Waals surface area (Å²) in [6, 6.07) is 22.1. The minimum atomic E-state index is 1.08. The topological polar surface area (TPSA) is 0 Å².